The van der Waals surface area contributed by atoms with Crippen molar-refractivity contribution in [3.05, 3.63) is 54.1 Å². The molecule has 2 heterocycles. The second-order valence-corrected chi connectivity index (χ2v) is 5.95. The zero-order valence-electron chi connectivity index (χ0n) is 13.8. The minimum absolute atomic E-state index is 0.0813. The number of hydrogen-bond donors (Lipinski definition) is 1. The first kappa shape index (κ1) is 17.7. The number of nitrogens with zero attached hydrogens (tertiary/aromatic N) is 4. The third kappa shape index (κ3) is 3.75. The summed E-state index contributed by atoms with van der Waals surface area (Å²) in [4.78, 5) is 23.6. The van der Waals surface area contributed by atoms with E-state index in [2.05, 4.69) is 15.5 Å². The van der Waals surface area contributed by atoms with Crippen LogP contribution in [0.25, 0.3) is 11.1 Å². The molecule has 0 atom stereocenters. The van der Waals surface area contributed by atoms with Crippen molar-refractivity contribution in [3.63, 3.8) is 0 Å². The first-order chi connectivity index (χ1) is 12.5. The molecule has 0 fully saturated rings. The molecule has 1 N–H and O–H groups in total. The number of anilines is 1. The molecule has 0 spiro atoms. The Kier molecular flexibility index (Phi) is 5.04. The summed E-state index contributed by atoms with van der Waals surface area (Å²) in [5.41, 5.74) is 1.80. The van der Waals surface area contributed by atoms with Crippen LogP contribution in [0.4, 0.5) is 5.69 Å². The Bertz CT molecular complexity index is 963. The van der Waals surface area contributed by atoms with Crippen LogP contribution in [0.1, 0.15) is 20.8 Å². The van der Waals surface area contributed by atoms with Crippen molar-refractivity contribution >= 4 is 29.2 Å². The number of rotatable bonds is 6. The number of nitrogens with one attached hydrogen (secondary N) is 1. The average Bonchev–Trinajstić information content (AvgIpc) is 3.22. The molecule has 9 heteroatoms. The van der Waals surface area contributed by atoms with E-state index in [-0.39, 0.29) is 11.4 Å². The van der Waals surface area contributed by atoms with Crippen molar-refractivity contribution < 1.29 is 14.7 Å². The van der Waals surface area contributed by atoms with Gasteiger partial charge < -0.3 is 15.2 Å². The van der Waals surface area contributed by atoms with Gasteiger partial charge in [0.05, 0.1) is 24.4 Å². The number of hydrogen-bond acceptors (Lipinski definition) is 5. The summed E-state index contributed by atoms with van der Waals surface area (Å²) in [6.45, 7) is 0.592. The number of benzene rings is 1. The predicted octanol–water partition coefficient (Wildman–Crippen LogP) is 1.14. The van der Waals surface area contributed by atoms with E-state index in [1.165, 1.54) is 10.9 Å². The number of amides is 1. The Morgan fingerprint density at radius 3 is 2.81 bits per heavy atom. The van der Waals surface area contributed by atoms with Gasteiger partial charge in [0.1, 0.15) is 5.69 Å². The fourth-order valence-electron chi connectivity index (χ4n) is 2.49. The minimum atomic E-state index is -1.46. The van der Waals surface area contributed by atoms with Gasteiger partial charge in [0.25, 0.3) is 5.91 Å². The van der Waals surface area contributed by atoms with Gasteiger partial charge in [0, 0.05) is 36.4 Å². The molecule has 0 saturated heterocycles. The normalized spacial score (nSPS) is 10.7. The lowest BCUT2D eigenvalue weighted by atomic mass is 10.1. The quantitative estimate of drug-likeness (QED) is 0.653. The summed E-state index contributed by atoms with van der Waals surface area (Å²) in [7, 11) is 1.56. The third-order valence-corrected chi connectivity index (χ3v) is 3.84. The number of aromatic nitrogens is 4. The summed E-state index contributed by atoms with van der Waals surface area (Å²) in [6.07, 6.45) is 4.94. The van der Waals surface area contributed by atoms with Crippen molar-refractivity contribution in [2.45, 2.75) is 6.54 Å². The number of aromatic carboxylic acids is 1. The SMILES string of the molecule is Cn1cc(NC(=O)c2cccc(-c3cnn(CCCl)c3)c2)c(C(=O)[O-])n1. The molecule has 0 aliphatic heterocycles. The van der Waals surface area contributed by atoms with Crippen LogP contribution in [0.5, 0.6) is 0 Å². The fourth-order valence-corrected chi connectivity index (χ4v) is 2.66. The maximum absolute atomic E-state index is 12.5. The molecule has 3 aromatic rings. The monoisotopic (exact) mass is 372 g/mol. The Hall–Kier alpha value is -3.13. The standard InChI is InChI=1S/C17H16ClN5O3/c1-22-10-14(15(21-22)17(25)26)20-16(24)12-4-2-3-11(7-12)13-8-19-23(9-13)6-5-18/h2-4,7-10H,5-6H2,1H3,(H,20,24)(H,25,26)/p-1. The summed E-state index contributed by atoms with van der Waals surface area (Å²) in [5, 5.41) is 21.6. The lowest BCUT2D eigenvalue weighted by molar-refractivity contribution is -0.255. The van der Waals surface area contributed by atoms with Crippen molar-refractivity contribution in [3.8, 4) is 11.1 Å². The van der Waals surface area contributed by atoms with E-state index in [4.69, 9.17) is 11.6 Å². The Morgan fingerprint density at radius 2 is 2.08 bits per heavy atom. The Morgan fingerprint density at radius 1 is 1.27 bits per heavy atom. The molecule has 3 rings (SSSR count). The van der Waals surface area contributed by atoms with Gasteiger partial charge in [0.15, 0.2) is 0 Å². The van der Waals surface area contributed by atoms with Crippen LogP contribution in [0.3, 0.4) is 0 Å². The zero-order chi connectivity index (χ0) is 18.7. The van der Waals surface area contributed by atoms with Crippen LogP contribution in [0, 0.1) is 0 Å². The maximum Gasteiger partial charge on any atom is 0.255 e. The average molecular weight is 373 g/mol. The predicted molar refractivity (Wildman–Crippen MR) is 93.9 cm³/mol. The number of carbonyl (C=O) groups is 2. The molecule has 0 aliphatic rings. The van der Waals surface area contributed by atoms with E-state index >= 15 is 0 Å². The number of alkyl halides is 1. The third-order valence-electron chi connectivity index (χ3n) is 3.68. The van der Waals surface area contributed by atoms with Crippen LogP contribution in [-0.2, 0) is 13.6 Å². The summed E-state index contributed by atoms with van der Waals surface area (Å²) < 4.78 is 3.01. The van der Waals surface area contributed by atoms with Crippen molar-refractivity contribution in [1.82, 2.24) is 19.6 Å². The number of halogens is 1. The van der Waals surface area contributed by atoms with Gasteiger partial charge in [-0.25, -0.2) is 0 Å². The highest BCUT2D eigenvalue weighted by atomic mass is 35.5. The first-order valence-corrected chi connectivity index (χ1v) is 8.26. The van der Waals surface area contributed by atoms with Crippen molar-refractivity contribution in [2.75, 3.05) is 11.2 Å². The van der Waals surface area contributed by atoms with Gasteiger partial charge in [-0.15, -0.1) is 11.6 Å². The molecule has 1 amide bonds. The molecular formula is C17H15ClN5O3-. The smallest absolute Gasteiger partial charge is 0.255 e. The molecule has 8 nitrogen and oxygen atoms in total. The second-order valence-electron chi connectivity index (χ2n) is 5.57. The zero-order valence-corrected chi connectivity index (χ0v) is 14.6. The molecule has 0 unspecified atom stereocenters. The van der Waals surface area contributed by atoms with Crippen LogP contribution < -0.4 is 10.4 Å². The fraction of sp³-hybridized carbons (Fsp3) is 0.176. The summed E-state index contributed by atoms with van der Waals surface area (Å²) in [5.74, 6) is -1.45. The van der Waals surface area contributed by atoms with Crippen molar-refractivity contribution in [2.24, 2.45) is 7.05 Å². The van der Waals surface area contributed by atoms with Crippen LogP contribution in [0.2, 0.25) is 0 Å². The highest BCUT2D eigenvalue weighted by Gasteiger charge is 2.14. The molecule has 1 aromatic carbocycles. The van der Waals surface area contributed by atoms with Crippen LogP contribution >= 0.6 is 11.6 Å². The Labute approximate surface area is 154 Å². The van der Waals surface area contributed by atoms with E-state index < -0.39 is 11.9 Å². The molecular weight excluding hydrogens is 358 g/mol. The minimum Gasteiger partial charge on any atom is -0.543 e. The number of carboxylic acid groups (broad SMARTS) is 1. The van der Waals surface area contributed by atoms with Gasteiger partial charge in [-0.2, -0.15) is 10.2 Å². The molecule has 0 aliphatic carbocycles. The maximum atomic E-state index is 12.5. The van der Waals surface area contributed by atoms with Gasteiger partial charge >= 0.3 is 0 Å². The number of carboxylic acids is 1. The second kappa shape index (κ2) is 7.40. The lowest BCUT2D eigenvalue weighted by Gasteiger charge is -2.07. The number of carbonyl (C=O) groups excluding carboxylic acids is 2. The molecule has 2 aromatic heterocycles. The van der Waals surface area contributed by atoms with Crippen molar-refractivity contribution in [1.29, 1.82) is 0 Å². The van der Waals surface area contributed by atoms with Crippen LogP contribution in [-0.4, -0.2) is 37.3 Å². The van der Waals surface area contributed by atoms with E-state index in [9.17, 15) is 14.7 Å². The first-order valence-electron chi connectivity index (χ1n) is 7.73. The lowest BCUT2D eigenvalue weighted by Crippen LogP contribution is -2.25. The summed E-state index contributed by atoms with van der Waals surface area (Å²) >= 11 is 5.71. The van der Waals surface area contributed by atoms with E-state index in [1.807, 2.05) is 12.3 Å². The van der Waals surface area contributed by atoms with E-state index in [1.54, 1.807) is 36.1 Å². The highest BCUT2D eigenvalue weighted by Crippen LogP contribution is 2.21. The van der Waals surface area contributed by atoms with Gasteiger partial charge in [-0.05, 0) is 17.7 Å². The topological polar surface area (TPSA) is 105 Å². The van der Waals surface area contributed by atoms with E-state index in [0.717, 1.165) is 11.1 Å². The van der Waals surface area contributed by atoms with Gasteiger partial charge in [-0.3, -0.25) is 14.2 Å². The van der Waals surface area contributed by atoms with Crippen LogP contribution in [0.15, 0.2) is 42.9 Å². The van der Waals surface area contributed by atoms with Gasteiger partial charge in [-0.1, -0.05) is 12.1 Å². The summed E-state index contributed by atoms with van der Waals surface area (Å²) in [6, 6.07) is 6.94. The van der Waals surface area contributed by atoms with E-state index in [0.29, 0.717) is 18.0 Å². The molecule has 134 valence electrons. The highest BCUT2D eigenvalue weighted by molar-refractivity contribution is 6.17. The molecule has 0 bridgehead atoms. The molecule has 0 saturated carbocycles. The Balaban J connectivity index is 1.83. The molecule has 26 heavy (non-hydrogen) atoms. The largest absolute Gasteiger partial charge is 0.543 e. The molecule has 0 radical (unpaired) electrons. The van der Waals surface area contributed by atoms with Gasteiger partial charge in [0.2, 0.25) is 0 Å². The number of aryl methyl sites for hydroxylation is 2.